The van der Waals surface area contributed by atoms with E-state index in [-0.39, 0.29) is 18.0 Å². The Morgan fingerprint density at radius 3 is 2.19 bits per heavy atom. The molecule has 0 spiro atoms. The Kier molecular flexibility index (Phi) is 6.69. The first-order valence-electron chi connectivity index (χ1n) is 11.4. The van der Waals surface area contributed by atoms with Crippen LogP contribution in [0.5, 0.6) is 0 Å². The molecule has 0 radical (unpaired) electrons. The lowest BCUT2D eigenvalue weighted by Crippen LogP contribution is -2.49. The molecule has 2 aliphatic heterocycles. The van der Waals surface area contributed by atoms with Gasteiger partial charge in [-0.25, -0.2) is 4.79 Å². The summed E-state index contributed by atoms with van der Waals surface area (Å²) in [6, 6.07) is 5.66. The molecule has 1 aromatic carbocycles. The Morgan fingerprint density at radius 1 is 1.09 bits per heavy atom. The highest BCUT2D eigenvalue weighted by atomic mass is 16.7. The summed E-state index contributed by atoms with van der Waals surface area (Å²) in [5.41, 5.74) is 0.811. The average molecular weight is 444 g/mol. The molecule has 0 bridgehead atoms. The van der Waals surface area contributed by atoms with Gasteiger partial charge in [-0.15, -0.1) is 0 Å². The summed E-state index contributed by atoms with van der Waals surface area (Å²) in [5, 5.41) is 3.15. The molecule has 2 fully saturated rings. The van der Waals surface area contributed by atoms with Gasteiger partial charge in [0.1, 0.15) is 5.60 Å². The van der Waals surface area contributed by atoms with Crippen molar-refractivity contribution in [2.75, 3.05) is 13.1 Å². The van der Waals surface area contributed by atoms with Gasteiger partial charge >= 0.3 is 13.2 Å². The van der Waals surface area contributed by atoms with Crippen LogP contribution in [0.3, 0.4) is 0 Å². The number of hydrogen-bond donors (Lipinski definition) is 1. The van der Waals surface area contributed by atoms with Crippen molar-refractivity contribution in [3.63, 3.8) is 0 Å². The van der Waals surface area contributed by atoms with Crippen LogP contribution >= 0.6 is 0 Å². The van der Waals surface area contributed by atoms with Gasteiger partial charge in [0, 0.05) is 24.7 Å². The molecule has 0 unspecified atom stereocenters. The van der Waals surface area contributed by atoms with Gasteiger partial charge < -0.3 is 24.3 Å². The maximum Gasteiger partial charge on any atom is 0.495 e. The third-order valence-corrected chi connectivity index (χ3v) is 6.54. The van der Waals surface area contributed by atoms with Crippen LogP contribution in [0, 0.1) is 6.92 Å². The average Bonchev–Trinajstić information content (AvgIpc) is 2.87. The quantitative estimate of drug-likeness (QED) is 0.723. The molecule has 0 atom stereocenters. The minimum Gasteiger partial charge on any atom is -0.444 e. The summed E-state index contributed by atoms with van der Waals surface area (Å²) in [6.07, 6.45) is 1.06. The lowest BCUT2D eigenvalue weighted by Gasteiger charge is -2.33. The molecule has 3 rings (SSSR count). The van der Waals surface area contributed by atoms with E-state index in [9.17, 15) is 9.59 Å². The summed E-state index contributed by atoms with van der Waals surface area (Å²) >= 11 is 0. The van der Waals surface area contributed by atoms with Gasteiger partial charge in [0.25, 0.3) is 5.91 Å². The Morgan fingerprint density at radius 2 is 1.66 bits per heavy atom. The maximum absolute atomic E-state index is 13.2. The van der Waals surface area contributed by atoms with Gasteiger partial charge in [0.05, 0.1) is 11.2 Å². The number of hydrogen-bond acceptors (Lipinski definition) is 5. The highest BCUT2D eigenvalue weighted by Gasteiger charge is 2.52. The normalized spacial score (nSPS) is 20.9. The van der Waals surface area contributed by atoms with Crippen molar-refractivity contribution in [1.29, 1.82) is 0 Å². The number of likely N-dealkylation sites (tertiary alicyclic amines) is 1. The number of piperidine rings is 1. The molecule has 1 N–H and O–H groups in total. The maximum atomic E-state index is 13.2. The van der Waals surface area contributed by atoms with E-state index in [0.717, 1.165) is 11.0 Å². The van der Waals surface area contributed by atoms with Crippen LogP contribution in [0.1, 0.15) is 77.2 Å². The Labute approximate surface area is 192 Å². The molecule has 7 nitrogen and oxygen atoms in total. The number of aryl methyl sites for hydroxylation is 1. The summed E-state index contributed by atoms with van der Waals surface area (Å²) in [7, 11) is -0.601. The predicted molar refractivity (Wildman–Crippen MR) is 125 cm³/mol. The van der Waals surface area contributed by atoms with Crippen LogP contribution in [0.4, 0.5) is 4.79 Å². The Balaban J connectivity index is 1.67. The Bertz CT molecular complexity index is 854. The number of ether oxygens (including phenoxy) is 1. The molecule has 0 aromatic heterocycles. The van der Waals surface area contributed by atoms with Crippen LogP contribution in [0.2, 0.25) is 0 Å². The first-order valence-corrected chi connectivity index (χ1v) is 11.4. The van der Waals surface area contributed by atoms with Crippen LogP contribution in [-0.4, -0.2) is 60.0 Å². The predicted octanol–water partition coefficient (Wildman–Crippen LogP) is 3.42. The highest BCUT2D eigenvalue weighted by molar-refractivity contribution is 6.64. The number of carbonyl (C=O) groups excluding carboxylic acids is 2. The molecule has 2 saturated heterocycles. The van der Waals surface area contributed by atoms with Gasteiger partial charge in [0.2, 0.25) is 0 Å². The largest absolute Gasteiger partial charge is 0.495 e. The van der Waals surface area contributed by atoms with Crippen molar-refractivity contribution < 1.29 is 23.6 Å². The highest BCUT2D eigenvalue weighted by Crippen LogP contribution is 2.37. The minimum atomic E-state index is -0.601. The van der Waals surface area contributed by atoms with Crippen LogP contribution < -0.4 is 10.8 Å². The smallest absolute Gasteiger partial charge is 0.444 e. The van der Waals surface area contributed by atoms with E-state index >= 15 is 0 Å². The fourth-order valence-electron chi connectivity index (χ4n) is 3.95. The standard InChI is InChI=1S/C24H37BN2O5/c1-16-10-9-11-18(19(16)25-31-23(5,6)24(7,8)32-25)20(28)26-17-12-14-27(15-13-17)21(29)30-22(2,3)4/h9-11,17H,12-15H2,1-8H3,(H,26,28). The molecule has 2 aliphatic rings. The molecule has 1 aromatic rings. The van der Waals surface area contributed by atoms with Crippen LogP contribution in [0.15, 0.2) is 18.2 Å². The lowest BCUT2D eigenvalue weighted by atomic mass is 9.73. The number of amides is 2. The molecule has 32 heavy (non-hydrogen) atoms. The van der Waals surface area contributed by atoms with E-state index in [1.54, 1.807) is 4.90 Å². The fourth-order valence-corrected chi connectivity index (χ4v) is 3.95. The van der Waals surface area contributed by atoms with E-state index in [4.69, 9.17) is 14.0 Å². The molecule has 2 amide bonds. The third kappa shape index (κ3) is 5.29. The summed E-state index contributed by atoms with van der Waals surface area (Å²) < 4.78 is 17.9. The zero-order valence-corrected chi connectivity index (χ0v) is 20.7. The third-order valence-electron chi connectivity index (χ3n) is 6.54. The number of benzene rings is 1. The number of rotatable bonds is 3. The van der Waals surface area contributed by atoms with Crippen molar-refractivity contribution in [3.05, 3.63) is 29.3 Å². The monoisotopic (exact) mass is 444 g/mol. The van der Waals surface area contributed by atoms with Crippen molar-refractivity contribution in [3.8, 4) is 0 Å². The summed E-state index contributed by atoms with van der Waals surface area (Å²) in [4.78, 5) is 27.2. The molecule has 2 heterocycles. The topological polar surface area (TPSA) is 77.1 Å². The SMILES string of the molecule is Cc1cccc(C(=O)NC2CCN(C(=O)OC(C)(C)C)CC2)c1B1OC(C)(C)C(C)(C)O1. The first kappa shape index (κ1) is 24.6. The number of nitrogens with one attached hydrogen (secondary N) is 1. The summed E-state index contributed by atoms with van der Waals surface area (Å²) in [6.45, 7) is 16.7. The second-order valence-electron chi connectivity index (χ2n) is 10.8. The molecular weight excluding hydrogens is 407 g/mol. The molecule has 0 aliphatic carbocycles. The lowest BCUT2D eigenvalue weighted by molar-refractivity contribution is 0.00578. The van der Waals surface area contributed by atoms with E-state index in [1.807, 2.05) is 73.6 Å². The van der Waals surface area contributed by atoms with Gasteiger partial charge in [-0.1, -0.05) is 17.7 Å². The zero-order valence-electron chi connectivity index (χ0n) is 20.7. The van der Waals surface area contributed by atoms with Crippen molar-refractivity contribution in [2.24, 2.45) is 0 Å². The first-order chi connectivity index (χ1) is 14.7. The number of nitrogens with zero attached hydrogens (tertiary/aromatic N) is 1. The van der Waals surface area contributed by atoms with E-state index in [2.05, 4.69) is 5.32 Å². The van der Waals surface area contributed by atoms with Gasteiger partial charge in [-0.05, 0) is 79.8 Å². The van der Waals surface area contributed by atoms with Crippen LogP contribution in [-0.2, 0) is 14.0 Å². The summed E-state index contributed by atoms with van der Waals surface area (Å²) in [5.74, 6) is -0.144. The van der Waals surface area contributed by atoms with E-state index in [0.29, 0.717) is 31.5 Å². The van der Waals surface area contributed by atoms with Crippen molar-refractivity contribution in [1.82, 2.24) is 10.2 Å². The molecule has 176 valence electrons. The zero-order chi connectivity index (χ0) is 23.9. The number of carbonyl (C=O) groups is 2. The second kappa shape index (κ2) is 8.71. The van der Waals surface area contributed by atoms with Crippen molar-refractivity contribution in [2.45, 2.75) is 91.1 Å². The fraction of sp³-hybridized carbons (Fsp3) is 0.667. The molecule has 0 saturated carbocycles. The molecular formula is C24H37BN2O5. The van der Waals surface area contributed by atoms with Gasteiger partial charge in [0.15, 0.2) is 0 Å². The Hall–Kier alpha value is -2.06. The molecule has 8 heteroatoms. The second-order valence-corrected chi connectivity index (χ2v) is 10.8. The van der Waals surface area contributed by atoms with Gasteiger partial charge in [-0.3, -0.25) is 4.79 Å². The minimum absolute atomic E-state index is 0.00662. The van der Waals surface area contributed by atoms with Gasteiger partial charge in [-0.2, -0.15) is 0 Å². The van der Waals surface area contributed by atoms with Crippen LogP contribution in [0.25, 0.3) is 0 Å². The van der Waals surface area contributed by atoms with E-state index in [1.165, 1.54) is 0 Å². The van der Waals surface area contributed by atoms with Crippen molar-refractivity contribution >= 4 is 24.6 Å². The van der Waals surface area contributed by atoms with E-state index < -0.39 is 23.9 Å².